The summed E-state index contributed by atoms with van der Waals surface area (Å²) in [5.74, 6) is -3.01. The highest BCUT2D eigenvalue weighted by molar-refractivity contribution is 6.04. The van der Waals surface area contributed by atoms with Crippen molar-refractivity contribution in [2.75, 3.05) is 6.61 Å². The van der Waals surface area contributed by atoms with E-state index < -0.39 is 35.8 Å². The summed E-state index contributed by atoms with van der Waals surface area (Å²) in [6.07, 6.45) is 0.605. The van der Waals surface area contributed by atoms with E-state index in [1.807, 2.05) is 0 Å². The average Bonchev–Trinajstić information content (AvgIpc) is 2.57. The number of carboxylic acids is 1. The van der Waals surface area contributed by atoms with Gasteiger partial charge in [-0.15, -0.1) is 0 Å². The summed E-state index contributed by atoms with van der Waals surface area (Å²) < 4.78 is 4.78. The molecule has 2 amide bonds. The van der Waals surface area contributed by atoms with E-state index in [0.29, 0.717) is 0 Å². The fraction of sp³-hybridized carbons (Fsp3) is 0.294. The van der Waals surface area contributed by atoms with Crippen LogP contribution in [0.25, 0.3) is 0 Å². The van der Waals surface area contributed by atoms with Gasteiger partial charge in [0.25, 0.3) is 0 Å². The van der Waals surface area contributed by atoms with Gasteiger partial charge in [0.05, 0.1) is 0 Å². The molecule has 1 aromatic carbocycles. The zero-order chi connectivity index (χ0) is 18.8. The van der Waals surface area contributed by atoms with Crippen molar-refractivity contribution in [3.05, 3.63) is 48.6 Å². The third-order valence-corrected chi connectivity index (χ3v) is 3.16. The summed E-state index contributed by atoms with van der Waals surface area (Å²) in [6, 6.07) is 6.01. The molecular formula is C17H20N2O6. The molecule has 3 N–H and O–H groups in total. The van der Waals surface area contributed by atoms with Crippen LogP contribution < -0.4 is 10.6 Å². The zero-order valence-electron chi connectivity index (χ0n) is 13.7. The van der Waals surface area contributed by atoms with Crippen molar-refractivity contribution in [1.29, 1.82) is 0 Å². The molecule has 0 heterocycles. The molecule has 134 valence electrons. The van der Waals surface area contributed by atoms with Crippen molar-refractivity contribution in [1.82, 2.24) is 10.6 Å². The van der Waals surface area contributed by atoms with E-state index in [-0.39, 0.29) is 13.0 Å². The van der Waals surface area contributed by atoms with Crippen LogP contribution in [-0.4, -0.2) is 47.6 Å². The number of benzene rings is 1. The van der Waals surface area contributed by atoms with Crippen LogP contribution in [0.3, 0.4) is 0 Å². The number of carboxylic acid groups (broad SMARTS) is 1. The SMILES string of the molecule is C=CCOC(=O)N[C@@H](Cc1ccccc1)C(=O)N[C@@H](C(C)=O)C(=O)O. The zero-order valence-corrected chi connectivity index (χ0v) is 13.7. The monoisotopic (exact) mass is 348 g/mol. The Hall–Kier alpha value is -3.16. The molecule has 2 atom stereocenters. The Balaban J connectivity index is 2.89. The Bertz CT molecular complexity index is 630. The molecule has 0 aliphatic heterocycles. The van der Waals surface area contributed by atoms with E-state index in [0.717, 1.165) is 12.5 Å². The van der Waals surface area contributed by atoms with Gasteiger partial charge in [-0.1, -0.05) is 43.0 Å². The van der Waals surface area contributed by atoms with E-state index in [1.54, 1.807) is 30.3 Å². The molecule has 0 aliphatic carbocycles. The summed E-state index contributed by atoms with van der Waals surface area (Å²) in [6.45, 7) is 4.41. The number of hydrogen-bond acceptors (Lipinski definition) is 5. The van der Waals surface area contributed by atoms with Crippen LogP contribution in [0.1, 0.15) is 12.5 Å². The molecule has 0 radical (unpaired) electrons. The molecule has 0 spiro atoms. The van der Waals surface area contributed by atoms with Crippen molar-refractivity contribution < 1.29 is 29.0 Å². The average molecular weight is 348 g/mol. The topological polar surface area (TPSA) is 122 Å². The molecule has 0 aromatic heterocycles. The predicted molar refractivity (Wildman–Crippen MR) is 88.9 cm³/mol. The minimum atomic E-state index is -1.68. The minimum absolute atomic E-state index is 0.0449. The summed E-state index contributed by atoms with van der Waals surface area (Å²) in [7, 11) is 0. The molecular weight excluding hydrogens is 328 g/mol. The first-order valence-electron chi connectivity index (χ1n) is 7.47. The number of aliphatic carboxylic acids is 1. The molecule has 0 saturated heterocycles. The summed E-state index contributed by atoms with van der Waals surface area (Å²) in [5.41, 5.74) is 0.737. The third kappa shape index (κ3) is 6.86. The first-order chi connectivity index (χ1) is 11.8. The lowest BCUT2D eigenvalue weighted by atomic mass is 10.0. The number of carbonyl (C=O) groups excluding carboxylic acids is 3. The molecule has 1 rings (SSSR count). The number of alkyl carbamates (subject to hydrolysis) is 1. The van der Waals surface area contributed by atoms with Crippen LogP contribution in [0.15, 0.2) is 43.0 Å². The standard InChI is InChI=1S/C17H20N2O6/c1-3-9-25-17(24)18-13(10-12-7-5-4-6-8-12)15(21)19-14(11(2)20)16(22)23/h3-8,13-14H,1,9-10H2,2H3,(H,18,24)(H,19,21)(H,22,23)/t13-,14-/m0/s1. The second kappa shape index (κ2) is 9.86. The van der Waals surface area contributed by atoms with Gasteiger partial charge in [0.1, 0.15) is 12.6 Å². The van der Waals surface area contributed by atoms with Gasteiger partial charge in [0.15, 0.2) is 11.8 Å². The number of hydrogen-bond donors (Lipinski definition) is 3. The quantitative estimate of drug-likeness (QED) is 0.445. The Kier molecular flexibility index (Phi) is 7.85. The highest BCUT2D eigenvalue weighted by Gasteiger charge is 2.29. The first-order valence-corrected chi connectivity index (χ1v) is 7.47. The van der Waals surface area contributed by atoms with Gasteiger partial charge in [0, 0.05) is 6.42 Å². The number of Topliss-reactive ketones (excluding diaryl/α,β-unsaturated/α-hetero) is 1. The molecule has 0 unspecified atom stereocenters. The Morgan fingerprint density at radius 1 is 1.20 bits per heavy atom. The molecule has 8 nitrogen and oxygen atoms in total. The van der Waals surface area contributed by atoms with Crippen molar-refractivity contribution in [3.63, 3.8) is 0 Å². The van der Waals surface area contributed by atoms with E-state index >= 15 is 0 Å². The minimum Gasteiger partial charge on any atom is -0.479 e. The maximum Gasteiger partial charge on any atom is 0.408 e. The fourth-order valence-electron chi connectivity index (χ4n) is 1.96. The first kappa shape index (κ1) is 19.9. The Morgan fingerprint density at radius 2 is 1.84 bits per heavy atom. The van der Waals surface area contributed by atoms with Gasteiger partial charge in [-0.25, -0.2) is 9.59 Å². The van der Waals surface area contributed by atoms with Crippen molar-refractivity contribution in [2.45, 2.75) is 25.4 Å². The molecule has 0 aliphatic rings. The van der Waals surface area contributed by atoms with Crippen LogP contribution in [-0.2, 0) is 25.5 Å². The maximum absolute atomic E-state index is 12.4. The van der Waals surface area contributed by atoms with Gasteiger partial charge in [0.2, 0.25) is 5.91 Å². The number of rotatable bonds is 9. The summed E-state index contributed by atoms with van der Waals surface area (Å²) in [4.78, 5) is 46.5. The van der Waals surface area contributed by atoms with Crippen LogP contribution >= 0.6 is 0 Å². The van der Waals surface area contributed by atoms with Gasteiger partial charge in [-0.3, -0.25) is 9.59 Å². The largest absolute Gasteiger partial charge is 0.479 e. The molecule has 8 heteroatoms. The molecule has 0 bridgehead atoms. The van der Waals surface area contributed by atoms with Gasteiger partial charge in [-0.05, 0) is 12.5 Å². The summed E-state index contributed by atoms with van der Waals surface area (Å²) >= 11 is 0. The highest BCUT2D eigenvalue weighted by Crippen LogP contribution is 2.05. The van der Waals surface area contributed by atoms with Crippen molar-refractivity contribution in [3.8, 4) is 0 Å². The fourth-order valence-corrected chi connectivity index (χ4v) is 1.96. The van der Waals surface area contributed by atoms with Crippen LogP contribution in [0.5, 0.6) is 0 Å². The lowest BCUT2D eigenvalue weighted by molar-refractivity contribution is -0.145. The normalized spacial score (nSPS) is 12.4. The molecule has 0 fully saturated rings. The second-order valence-corrected chi connectivity index (χ2v) is 5.16. The van der Waals surface area contributed by atoms with Gasteiger partial charge in [-0.2, -0.15) is 0 Å². The van der Waals surface area contributed by atoms with Gasteiger partial charge >= 0.3 is 12.1 Å². The molecule has 0 saturated carbocycles. The van der Waals surface area contributed by atoms with E-state index in [1.165, 1.54) is 6.08 Å². The van der Waals surface area contributed by atoms with Crippen LogP contribution in [0, 0.1) is 0 Å². The number of ether oxygens (including phenoxy) is 1. The van der Waals surface area contributed by atoms with E-state index in [9.17, 15) is 19.2 Å². The van der Waals surface area contributed by atoms with Crippen molar-refractivity contribution >= 4 is 23.8 Å². The van der Waals surface area contributed by atoms with Crippen LogP contribution in [0.4, 0.5) is 4.79 Å². The molecule has 1 aromatic rings. The predicted octanol–water partition coefficient (Wildman–Crippen LogP) is 0.668. The van der Waals surface area contributed by atoms with Crippen molar-refractivity contribution in [2.24, 2.45) is 0 Å². The second-order valence-electron chi connectivity index (χ2n) is 5.16. The number of ketones is 1. The Morgan fingerprint density at radius 3 is 2.36 bits per heavy atom. The Labute approximate surface area is 144 Å². The van der Waals surface area contributed by atoms with E-state index in [2.05, 4.69) is 17.2 Å². The smallest absolute Gasteiger partial charge is 0.408 e. The number of nitrogens with one attached hydrogen (secondary N) is 2. The number of carbonyl (C=O) groups is 4. The molecule has 25 heavy (non-hydrogen) atoms. The highest BCUT2D eigenvalue weighted by atomic mass is 16.5. The summed E-state index contributed by atoms with van der Waals surface area (Å²) in [5, 5.41) is 13.5. The van der Waals surface area contributed by atoms with Crippen LogP contribution in [0.2, 0.25) is 0 Å². The lowest BCUT2D eigenvalue weighted by Gasteiger charge is -2.20. The lowest BCUT2D eigenvalue weighted by Crippen LogP contribution is -2.54. The third-order valence-electron chi connectivity index (χ3n) is 3.16. The van der Waals surface area contributed by atoms with Gasteiger partial charge < -0.3 is 20.5 Å². The maximum atomic E-state index is 12.4. The van der Waals surface area contributed by atoms with E-state index in [4.69, 9.17) is 9.84 Å². The number of amides is 2.